The number of oxime groups is 1. The predicted molar refractivity (Wildman–Crippen MR) is 68.0 cm³/mol. The third kappa shape index (κ3) is 4.40. The van der Waals surface area contributed by atoms with E-state index < -0.39 is 0 Å². The molecule has 1 rings (SSSR count). The Morgan fingerprint density at radius 1 is 1.61 bits per heavy atom. The van der Waals surface area contributed by atoms with Crippen LogP contribution in [0.4, 0.5) is 0 Å². The molecule has 0 aromatic carbocycles. The largest absolute Gasteiger partial charge is 0.409 e. The lowest BCUT2D eigenvalue weighted by atomic mass is 10.2. The molecule has 3 N–H and O–H groups in total. The Kier molecular flexibility index (Phi) is 5.63. The van der Waals surface area contributed by atoms with Gasteiger partial charge in [0, 0.05) is 38.3 Å². The summed E-state index contributed by atoms with van der Waals surface area (Å²) in [5.41, 5.74) is 6.36. The normalized spacial score (nSPS) is 11.3. The zero-order chi connectivity index (χ0) is 13.4. The van der Waals surface area contributed by atoms with E-state index in [9.17, 15) is 4.79 Å². The lowest BCUT2D eigenvalue weighted by molar-refractivity contribution is -0.131. The highest BCUT2D eigenvalue weighted by Gasteiger charge is 2.12. The molecular formula is C12H18N4O2. The van der Waals surface area contributed by atoms with Gasteiger partial charge in [0.2, 0.25) is 5.91 Å². The van der Waals surface area contributed by atoms with Gasteiger partial charge in [-0.05, 0) is 11.6 Å². The third-order valence-electron chi connectivity index (χ3n) is 2.52. The van der Waals surface area contributed by atoms with Gasteiger partial charge < -0.3 is 15.8 Å². The average Bonchev–Trinajstić information content (AvgIpc) is 2.43. The lowest BCUT2D eigenvalue weighted by Crippen LogP contribution is -2.33. The van der Waals surface area contributed by atoms with Crippen molar-refractivity contribution in [3.63, 3.8) is 0 Å². The van der Waals surface area contributed by atoms with Crippen molar-refractivity contribution in [1.82, 2.24) is 9.88 Å². The number of amides is 1. The quantitative estimate of drug-likeness (QED) is 0.340. The van der Waals surface area contributed by atoms with Crippen LogP contribution in [0.5, 0.6) is 0 Å². The summed E-state index contributed by atoms with van der Waals surface area (Å²) in [7, 11) is 0. The highest BCUT2D eigenvalue weighted by molar-refractivity contribution is 5.81. The molecule has 0 radical (unpaired) electrons. The fourth-order valence-electron chi connectivity index (χ4n) is 1.53. The number of nitrogens with zero attached hydrogens (tertiary/aromatic N) is 3. The topological polar surface area (TPSA) is 91.8 Å². The maximum atomic E-state index is 11.8. The first-order valence-electron chi connectivity index (χ1n) is 5.80. The van der Waals surface area contributed by atoms with Gasteiger partial charge in [-0.25, -0.2) is 0 Å². The first-order chi connectivity index (χ1) is 8.67. The molecule has 1 heterocycles. The molecule has 0 bridgehead atoms. The molecule has 0 fully saturated rings. The SMILES string of the molecule is CCC(=O)N(CCC(N)=NO)Cc1cccnc1. The second-order valence-electron chi connectivity index (χ2n) is 3.87. The summed E-state index contributed by atoms with van der Waals surface area (Å²) in [6, 6.07) is 3.74. The molecule has 0 saturated heterocycles. The molecule has 1 aromatic rings. The standard InChI is InChI=1S/C12H18N4O2/c1-2-12(17)16(7-5-11(13)15-18)9-10-4-3-6-14-8-10/h3-4,6,8,18H,2,5,7,9H2,1H3,(H2,13,15). The highest BCUT2D eigenvalue weighted by Crippen LogP contribution is 2.05. The number of hydrogen-bond donors (Lipinski definition) is 2. The number of pyridine rings is 1. The number of aromatic nitrogens is 1. The van der Waals surface area contributed by atoms with Crippen molar-refractivity contribution in [2.75, 3.05) is 6.54 Å². The van der Waals surface area contributed by atoms with Crippen molar-refractivity contribution in [3.8, 4) is 0 Å². The second kappa shape index (κ2) is 7.26. The van der Waals surface area contributed by atoms with Crippen LogP contribution in [-0.4, -0.2) is 33.4 Å². The smallest absolute Gasteiger partial charge is 0.222 e. The molecule has 0 saturated carbocycles. The summed E-state index contributed by atoms with van der Waals surface area (Å²) in [5.74, 6) is 0.152. The highest BCUT2D eigenvalue weighted by atomic mass is 16.4. The Morgan fingerprint density at radius 3 is 2.94 bits per heavy atom. The average molecular weight is 250 g/mol. The van der Waals surface area contributed by atoms with E-state index in [2.05, 4.69) is 10.1 Å². The summed E-state index contributed by atoms with van der Waals surface area (Å²) < 4.78 is 0. The van der Waals surface area contributed by atoms with E-state index >= 15 is 0 Å². The first-order valence-corrected chi connectivity index (χ1v) is 5.80. The van der Waals surface area contributed by atoms with Crippen LogP contribution in [-0.2, 0) is 11.3 Å². The van der Waals surface area contributed by atoms with E-state index in [1.165, 1.54) is 0 Å². The fourth-order valence-corrected chi connectivity index (χ4v) is 1.53. The summed E-state index contributed by atoms with van der Waals surface area (Å²) >= 11 is 0. The van der Waals surface area contributed by atoms with Gasteiger partial charge >= 0.3 is 0 Å². The Hall–Kier alpha value is -2.11. The molecule has 0 aliphatic carbocycles. The van der Waals surface area contributed by atoms with Gasteiger partial charge in [0.15, 0.2) is 0 Å². The minimum absolute atomic E-state index is 0.0320. The van der Waals surface area contributed by atoms with E-state index in [1.54, 1.807) is 17.3 Å². The van der Waals surface area contributed by atoms with Gasteiger partial charge in [0.25, 0.3) is 0 Å². The Morgan fingerprint density at radius 2 is 2.39 bits per heavy atom. The molecular weight excluding hydrogens is 232 g/mol. The van der Waals surface area contributed by atoms with E-state index in [0.717, 1.165) is 5.56 Å². The molecule has 0 atom stereocenters. The number of hydrogen-bond acceptors (Lipinski definition) is 4. The molecule has 98 valence electrons. The summed E-state index contributed by atoms with van der Waals surface area (Å²) in [6.07, 6.45) is 4.18. The molecule has 0 unspecified atom stereocenters. The van der Waals surface area contributed by atoms with Gasteiger partial charge in [-0.3, -0.25) is 9.78 Å². The molecule has 0 aliphatic rings. The third-order valence-corrected chi connectivity index (χ3v) is 2.52. The Bertz CT molecular complexity index is 406. The molecule has 0 aliphatic heterocycles. The predicted octanol–water partition coefficient (Wildman–Crippen LogP) is 0.957. The number of rotatable bonds is 6. The van der Waals surface area contributed by atoms with E-state index in [4.69, 9.17) is 10.9 Å². The van der Waals surface area contributed by atoms with Gasteiger partial charge in [-0.15, -0.1) is 0 Å². The maximum absolute atomic E-state index is 11.8. The molecule has 1 aromatic heterocycles. The van der Waals surface area contributed by atoms with Crippen molar-refractivity contribution >= 4 is 11.7 Å². The first kappa shape index (κ1) is 14.0. The van der Waals surface area contributed by atoms with E-state index in [-0.39, 0.29) is 11.7 Å². The summed E-state index contributed by atoms with van der Waals surface area (Å²) in [6.45, 7) is 2.72. The zero-order valence-corrected chi connectivity index (χ0v) is 10.4. The number of carbonyl (C=O) groups is 1. The molecule has 1 amide bonds. The van der Waals surface area contributed by atoms with Crippen molar-refractivity contribution < 1.29 is 10.0 Å². The van der Waals surface area contributed by atoms with Crippen LogP contribution in [0.25, 0.3) is 0 Å². The van der Waals surface area contributed by atoms with Crippen LogP contribution < -0.4 is 5.73 Å². The van der Waals surface area contributed by atoms with E-state index in [1.807, 2.05) is 19.1 Å². The van der Waals surface area contributed by atoms with Crippen LogP contribution in [0.15, 0.2) is 29.7 Å². The molecule has 6 heteroatoms. The van der Waals surface area contributed by atoms with Crippen molar-refractivity contribution in [2.24, 2.45) is 10.9 Å². The Balaban J connectivity index is 2.64. The minimum atomic E-state index is 0.0320. The zero-order valence-electron chi connectivity index (χ0n) is 10.4. The maximum Gasteiger partial charge on any atom is 0.222 e. The Labute approximate surface area is 106 Å². The molecule has 18 heavy (non-hydrogen) atoms. The van der Waals surface area contributed by atoms with Gasteiger partial charge in [-0.2, -0.15) is 0 Å². The van der Waals surface area contributed by atoms with Crippen molar-refractivity contribution in [3.05, 3.63) is 30.1 Å². The van der Waals surface area contributed by atoms with Gasteiger partial charge in [0.05, 0.1) is 0 Å². The molecule has 0 spiro atoms. The van der Waals surface area contributed by atoms with Crippen molar-refractivity contribution in [2.45, 2.75) is 26.3 Å². The van der Waals surface area contributed by atoms with Crippen LogP contribution in [0.1, 0.15) is 25.3 Å². The minimum Gasteiger partial charge on any atom is -0.409 e. The van der Waals surface area contributed by atoms with Crippen molar-refractivity contribution in [1.29, 1.82) is 0 Å². The summed E-state index contributed by atoms with van der Waals surface area (Å²) in [4.78, 5) is 17.5. The number of amidine groups is 1. The van der Waals surface area contributed by atoms with Crippen LogP contribution in [0, 0.1) is 0 Å². The van der Waals surface area contributed by atoms with Gasteiger partial charge in [0.1, 0.15) is 5.84 Å². The van der Waals surface area contributed by atoms with E-state index in [0.29, 0.717) is 25.9 Å². The second-order valence-corrected chi connectivity index (χ2v) is 3.87. The summed E-state index contributed by atoms with van der Waals surface area (Å²) in [5, 5.41) is 11.4. The van der Waals surface area contributed by atoms with Crippen LogP contribution in [0.2, 0.25) is 0 Å². The fraction of sp³-hybridized carbons (Fsp3) is 0.417. The van der Waals surface area contributed by atoms with Crippen LogP contribution >= 0.6 is 0 Å². The molecule has 6 nitrogen and oxygen atoms in total. The monoisotopic (exact) mass is 250 g/mol. The lowest BCUT2D eigenvalue weighted by Gasteiger charge is -2.21. The van der Waals surface area contributed by atoms with Gasteiger partial charge in [-0.1, -0.05) is 18.1 Å². The number of carbonyl (C=O) groups excluding carboxylic acids is 1. The van der Waals surface area contributed by atoms with Crippen LogP contribution in [0.3, 0.4) is 0 Å². The number of nitrogens with two attached hydrogens (primary N) is 1.